The third-order valence-electron chi connectivity index (χ3n) is 5.21. The van der Waals surface area contributed by atoms with Gasteiger partial charge in [0.1, 0.15) is 0 Å². The standard InChI is InChI=1S/C22H27NO5/c1-14-10-19(15(2)23(14)12-18-6-5-9-27-18)20(25)13-28-21-8-7-17(16(3)24)11-22(21)26-4/h7-8,10-11,18H,5-6,9,12-13H2,1-4H3/t18-/m1/s1. The molecule has 0 aliphatic carbocycles. The normalized spacial score (nSPS) is 16.2. The van der Waals surface area contributed by atoms with Crippen LogP contribution in [0.15, 0.2) is 24.3 Å². The second-order valence-electron chi connectivity index (χ2n) is 7.16. The zero-order chi connectivity index (χ0) is 20.3. The molecule has 150 valence electrons. The fraction of sp³-hybridized carbons (Fsp3) is 0.455. The highest BCUT2D eigenvalue weighted by Gasteiger charge is 2.21. The fourth-order valence-electron chi connectivity index (χ4n) is 3.58. The summed E-state index contributed by atoms with van der Waals surface area (Å²) >= 11 is 0. The Morgan fingerprint density at radius 3 is 2.64 bits per heavy atom. The van der Waals surface area contributed by atoms with Gasteiger partial charge in [-0.2, -0.15) is 0 Å². The molecule has 1 atom stereocenters. The first-order valence-corrected chi connectivity index (χ1v) is 9.54. The maximum Gasteiger partial charge on any atom is 0.202 e. The minimum absolute atomic E-state index is 0.0559. The molecule has 1 aliphatic heterocycles. The average molecular weight is 385 g/mol. The monoisotopic (exact) mass is 385 g/mol. The van der Waals surface area contributed by atoms with Gasteiger partial charge in [-0.1, -0.05) is 0 Å². The van der Waals surface area contributed by atoms with E-state index in [1.165, 1.54) is 14.0 Å². The van der Waals surface area contributed by atoms with E-state index in [2.05, 4.69) is 4.57 Å². The SMILES string of the molecule is COc1cc(C(C)=O)ccc1OCC(=O)c1cc(C)n(C[C@H]2CCCO2)c1C. The van der Waals surface area contributed by atoms with E-state index in [-0.39, 0.29) is 24.3 Å². The van der Waals surface area contributed by atoms with Crippen molar-refractivity contribution in [3.05, 3.63) is 46.8 Å². The number of Topliss-reactive ketones (excluding diaryl/α,β-unsaturated/α-hetero) is 2. The van der Waals surface area contributed by atoms with Crippen molar-refractivity contribution >= 4 is 11.6 Å². The number of aromatic nitrogens is 1. The molecule has 6 heteroatoms. The van der Waals surface area contributed by atoms with Gasteiger partial charge in [0.2, 0.25) is 5.78 Å². The Balaban J connectivity index is 1.71. The Bertz CT molecular complexity index is 877. The quantitative estimate of drug-likeness (QED) is 0.648. The van der Waals surface area contributed by atoms with Crippen LogP contribution in [0.1, 0.15) is 51.9 Å². The van der Waals surface area contributed by atoms with Crippen molar-refractivity contribution in [1.82, 2.24) is 4.57 Å². The Hall–Kier alpha value is -2.60. The number of hydrogen-bond donors (Lipinski definition) is 0. The predicted molar refractivity (Wildman–Crippen MR) is 106 cm³/mol. The molecule has 0 unspecified atom stereocenters. The zero-order valence-corrected chi connectivity index (χ0v) is 16.9. The lowest BCUT2D eigenvalue weighted by atomic mass is 10.1. The lowest BCUT2D eigenvalue weighted by Gasteiger charge is -2.15. The smallest absolute Gasteiger partial charge is 0.202 e. The molecule has 3 rings (SSSR count). The van der Waals surface area contributed by atoms with Crippen LogP contribution in [-0.2, 0) is 11.3 Å². The van der Waals surface area contributed by atoms with E-state index in [1.54, 1.807) is 18.2 Å². The summed E-state index contributed by atoms with van der Waals surface area (Å²) in [5, 5.41) is 0. The van der Waals surface area contributed by atoms with Crippen molar-refractivity contribution < 1.29 is 23.8 Å². The van der Waals surface area contributed by atoms with Crippen LogP contribution in [0, 0.1) is 13.8 Å². The van der Waals surface area contributed by atoms with E-state index in [9.17, 15) is 9.59 Å². The molecule has 1 aliphatic rings. The maximum absolute atomic E-state index is 12.8. The van der Waals surface area contributed by atoms with Gasteiger partial charge in [0, 0.05) is 35.7 Å². The van der Waals surface area contributed by atoms with Crippen LogP contribution >= 0.6 is 0 Å². The first kappa shape index (κ1) is 20.1. The molecule has 2 heterocycles. The number of ether oxygens (including phenoxy) is 3. The molecule has 1 saturated heterocycles. The highest BCUT2D eigenvalue weighted by molar-refractivity contribution is 5.98. The van der Waals surface area contributed by atoms with Crippen LogP contribution < -0.4 is 9.47 Å². The summed E-state index contributed by atoms with van der Waals surface area (Å²) in [5.41, 5.74) is 3.17. The van der Waals surface area contributed by atoms with Crippen LogP contribution in [0.25, 0.3) is 0 Å². The third-order valence-corrected chi connectivity index (χ3v) is 5.21. The minimum atomic E-state index is -0.0972. The summed E-state index contributed by atoms with van der Waals surface area (Å²) in [7, 11) is 1.51. The number of methoxy groups -OCH3 is 1. The van der Waals surface area contributed by atoms with Gasteiger partial charge in [0.15, 0.2) is 23.9 Å². The number of carbonyl (C=O) groups excluding carboxylic acids is 2. The molecule has 0 radical (unpaired) electrons. The number of rotatable bonds is 8. The summed E-state index contributed by atoms with van der Waals surface area (Å²) in [6.07, 6.45) is 2.36. The molecule has 0 amide bonds. The van der Waals surface area contributed by atoms with Crippen molar-refractivity contribution in [3.63, 3.8) is 0 Å². The molecule has 0 N–H and O–H groups in total. The fourth-order valence-corrected chi connectivity index (χ4v) is 3.58. The van der Waals surface area contributed by atoms with E-state index < -0.39 is 0 Å². The molecule has 28 heavy (non-hydrogen) atoms. The third kappa shape index (κ3) is 4.28. The minimum Gasteiger partial charge on any atom is -0.493 e. The summed E-state index contributed by atoms with van der Waals surface area (Å²) < 4.78 is 18.9. The van der Waals surface area contributed by atoms with E-state index in [0.29, 0.717) is 22.6 Å². The Labute approximate surface area is 165 Å². The second kappa shape index (κ2) is 8.61. The van der Waals surface area contributed by atoms with Gasteiger partial charge in [-0.05, 0) is 57.9 Å². The van der Waals surface area contributed by atoms with Gasteiger partial charge < -0.3 is 18.8 Å². The largest absolute Gasteiger partial charge is 0.493 e. The maximum atomic E-state index is 12.8. The summed E-state index contributed by atoms with van der Waals surface area (Å²) in [6.45, 7) is 6.94. The highest BCUT2D eigenvalue weighted by atomic mass is 16.5. The van der Waals surface area contributed by atoms with Gasteiger partial charge in [0.25, 0.3) is 0 Å². The van der Waals surface area contributed by atoms with Crippen LogP contribution in [-0.4, -0.2) is 42.6 Å². The molecule has 1 fully saturated rings. The van der Waals surface area contributed by atoms with Crippen LogP contribution in [0.3, 0.4) is 0 Å². The van der Waals surface area contributed by atoms with E-state index in [1.807, 2.05) is 19.9 Å². The number of aryl methyl sites for hydroxylation is 1. The predicted octanol–water partition coefficient (Wildman–Crippen LogP) is 3.76. The summed E-state index contributed by atoms with van der Waals surface area (Å²) in [6, 6.07) is 6.85. The second-order valence-corrected chi connectivity index (χ2v) is 7.16. The number of benzene rings is 1. The van der Waals surface area contributed by atoms with E-state index in [4.69, 9.17) is 14.2 Å². The molecular formula is C22H27NO5. The van der Waals surface area contributed by atoms with Gasteiger partial charge in [0.05, 0.1) is 13.2 Å². The Morgan fingerprint density at radius 2 is 2.00 bits per heavy atom. The number of ketones is 2. The van der Waals surface area contributed by atoms with Gasteiger partial charge in [-0.3, -0.25) is 9.59 Å². The molecule has 1 aromatic heterocycles. The van der Waals surface area contributed by atoms with Crippen LogP contribution in [0.2, 0.25) is 0 Å². The van der Waals surface area contributed by atoms with E-state index in [0.717, 1.165) is 37.4 Å². The zero-order valence-electron chi connectivity index (χ0n) is 16.9. The van der Waals surface area contributed by atoms with Crippen LogP contribution in [0.5, 0.6) is 11.5 Å². The van der Waals surface area contributed by atoms with Crippen molar-refractivity contribution in [3.8, 4) is 11.5 Å². The number of carbonyl (C=O) groups is 2. The van der Waals surface area contributed by atoms with Gasteiger partial charge >= 0.3 is 0 Å². The van der Waals surface area contributed by atoms with E-state index >= 15 is 0 Å². The number of hydrogen-bond acceptors (Lipinski definition) is 5. The first-order valence-electron chi connectivity index (χ1n) is 9.54. The lowest BCUT2D eigenvalue weighted by Crippen LogP contribution is -2.18. The first-order chi connectivity index (χ1) is 13.4. The Morgan fingerprint density at radius 1 is 1.21 bits per heavy atom. The Kier molecular flexibility index (Phi) is 6.19. The summed E-state index contributed by atoms with van der Waals surface area (Å²) in [4.78, 5) is 24.3. The average Bonchev–Trinajstić information content (AvgIpc) is 3.29. The highest BCUT2D eigenvalue weighted by Crippen LogP contribution is 2.29. The topological polar surface area (TPSA) is 66.8 Å². The molecule has 0 bridgehead atoms. The van der Waals surface area contributed by atoms with Crippen molar-refractivity contribution in [1.29, 1.82) is 0 Å². The summed E-state index contributed by atoms with van der Waals surface area (Å²) in [5.74, 6) is 0.724. The molecule has 2 aromatic rings. The molecule has 0 saturated carbocycles. The van der Waals surface area contributed by atoms with Crippen molar-refractivity contribution in [2.75, 3.05) is 20.3 Å². The van der Waals surface area contributed by atoms with Crippen molar-refractivity contribution in [2.45, 2.75) is 46.3 Å². The van der Waals surface area contributed by atoms with Crippen LogP contribution in [0.4, 0.5) is 0 Å². The molecule has 6 nitrogen and oxygen atoms in total. The molecule has 1 aromatic carbocycles. The molecule has 0 spiro atoms. The number of nitrogens with zero attached hydrogens (tertiary/aromatic N) is 1. The van der Waals surface area contributed by atoms with Gasteiger partial charge in [-0.15, -0.1) is 0 Å². The van der Waals surface area contributed by atoms with Crippen molar-refractivity contribution in [2.24, 2.45) is 0 Å². The van der Waals surface area contributed by atoms with Gasteiger partial charge in [-0.25, -0.2) is 0 Å². The molecular weight excluding hydrogens is 358 g/mol. The lowest BCUT2D eigenvalue weighted by molar-refractivity contribution is 0.0911.